The van der Waals surface area contributed by atoms with Gasteiger partial charge < -0.3 is 5.21 Å². The molecule has 0 saturated heterocycles. The van der Waals surface area contributed by atoms with Crippen LogP contribution in [0.25, 0.3) is 0 Å². The Morgan fingerprint density at radius 3 is 2.19 bits per heavy atom. The van der Waals surface area contributed by atoms with Gasteiger partial charge in [0.2, 0.25) is 0 Å². The van der Waals surface area contributed by atoms with Crippen molar-refractivity contribution in [2.75, 3.05) is 6.26 Å². The van der Waals surface area contributed by atoms with Gasteiger partial charge in [-0.1, -0.05) is 35.0 Å². The van der Waals surface area contributed by atoms with Gasteiger partial charge in [0, 0.05) is 11.8 Å². The summed E-state index contributed by atoms with van der Waals surface area (Å²) in [7, 11) is -3.26. The zero-order chi connectivity index (χ0) is 12.3. The Hall–Kier alpha value is -1.36. The molecule has 0 aromatic heterocycles. The lowest BCUT2D eigenvalue weighted by atomic mass is 10.1. The first kappa shape index (κ1) is 12.7. The maximum Gasteiger partial charge on any atom is 0.155 e. The third-order valence-electron chi connectivity index (χ3n) is 2.48. The molecule has 0 amide bonds. The Balaban J connectivity index is 3.15. The Morgan fingerprint density at radius 2 is 1.81 bits per heavy atom. The zero-order valence-electron chi connectivity index (χ0n) is 9.51. The standard InChI is InChI=1S/C11H15NO3S/c1-8-4-6-10(7-5-8)11(12-13)9(2)16(3,14)15/h4-7,9,13H,1-3H3/b12-11+/t9-/m0/s1. The van der Waals surface area contributed by atoms with Crippen LogP contribution in [-0.2, 0) is 9.84 Å². The first-order valence-electron chi connectivity index (χ1n) is 4.84. The summed E-state index contributed by atoms with van der Waals surface area (Å²) in [5, 5.41) is 11.2. The molecule has 4 nitrogen and oxygen atoms in total. The first-order valence-corrected chi connectivity index (χ1v) is 6.79. The van der Waals surface area contributed by atoms with Gasteiger partial charge in [-0.05, 0) is 13.8 Å². The average Bonchev–Trinajstić information content (AvgIpc) is 2.20. The van der Waals surface area contributed by atoms with Crippen LogP contribution in [0.5, 0.6) is 0 Å². The third-order valence-corrected chi connectivity index (χ3v) is 3.99. The summed E-state index contributed by atoms with van der Waals surface area (Å²) in [5.41, 5.74) is 1.85. The van der Waals surface area contributed by atoms with Gasteiger partial charge in [-0.3, -0.25) is 0 Å². The quantitative estimate of drug-likeness (QED) is 0.496. The molecule has 0 unspecified atom stereocenters. The van der Waals surface area contributed by atoms with Crippen molar-refractivity contribution in [1.82, 2.24) is 0 Å². The number of nitrogens with zero attached hydrogens (tertiary/aromatic N) is 1. The fraction of sp³-hybridized carbons (Fsp3) is 0.364. The zero-order valence-corrected chi connectivity index (χ0v) is 10.3. The largest absolute Gasteiger partial charge is 0.411 e. The maximum atomic E-state index is 11.4. The van der Waals surface area contributed by atoms with Gasteiger partial charge in [0.05, 0.1) is 0 Å². The van der Waals surface area contributed by atoms with Crippen molar-refractivity contribution in [1.29, 1.82) is 0 Å². The Bertz CT molecular complexity index is 488. The lowest BCUT2D eigenvalue weighted by Gasteiger charge is -2.11. The molecular formula is C11H15NO3S. The van der Waals surface area contributed by atoms with Crippen LogP contribution in [0.2, 0.25) is 0 Å². The number of benzene rings is 1. The van der Waals surface area contributed by atoms with Crippen molar-refractivity contribution in [3.8, 4) is 0 Å². The molecule has 1 rings (SSSR count). The SMILES string of the molecule is Cc1ccc(/C(=N/O)[C@H](C)S(C)(=O)=O)cc1. The monoisotopic (exact) mass is 241 g/mol. The first-order chi connectivity index (χ1) is 7.36. The molecule has 0 spiro atoms. The van der Waals surface area contributed by atoms with E-state index < -0.39 is 15.1 Å². The molecule has 0 heterocycles. The van der Waals surface area contributed by atoms with Gasteiger partial charge in [-0.25, -0.2) is 8.42 Å². The van der Waals surface area contributed by atoms with Crippen molar-refractivity contribution < 1.29 is 13.6 Å². The molecule has 0 bridgehead atoms. The molecule has 0 radical (unpaired) electrons. The topological polar surface area (TPSA) is 66.7 Å². The summed E-state index contributed by atoms with van der Waals surface area (Å²) in [6.07, 6.45) is 1.12. The number of rotatable bonds is 3. The highest BCUT2D eigenvalue weighted by Crippen LogP contribution is 2.11. The highest BCUT2D eigenvalue weighted by atomic mass is 32.2. The van der Waals surface area contributed by atoms with Crippen LogP contribution >= 0.6 is 0 Å². The number of aryl methyl sites for hydroxylation is 1. The molecule has 0 aliphatic rings. The molecule has 1 aromatic carbocycles. The second kappa shape index (κ2) is 4.65. The van der Waals surface area contributed by atoms with Gasteiger partial charge in [0.1, 0.15) is 11.0 Å². The van der Waals surface area contributed by atoms with Crippen molar-refractivity contribution in [2.24, 2.45) is 5.16 Å². The minimum Gasteiger partial charge on any atom is -0.411 e. The summed E-state index contributed by atoms with van der Waals surface area (Å²) >= 11 is 0. The van der Waals surface area contributed by atoms with E-state index in [2.05, 4.69) is 5.16 Å². The minimum absolute atomic E-state index is 0.169. The van der Waals surface area contributed by atoms with Crippen molar-refractivity contribution in [3.05, 3.63) is 35.4 Å². The van der Waals surface area contributed by atoms with Crippen LogP contribution in [0.3, 0.4) is 0 Å². The lowest BCUT2D eigenvalue weighted by Crippen LogP contribution is -2.27. The molecule has 0 aliphatic heterocycles. The Kier molecular flexibility index (Phi) is 3.70. The summed E-state index contributed by atoms with van der Waals surface area (Å²) in [4.78, 5) is 0. The predicted molar refractivity (Wildman–Crippen MR) is 63.8 cm³/mol. The fourth-order valence-electron chi connectivity index (χ4n) is 1.30. The maximum absolute atomic E-state index is 11.4. The average molecular weight is 241 g/mol. The fourth-order valence-corrected chi connectivity index (χ4v) is 1.89. The second-order valence-electron chi connectivity index (χ2n) is 3.82. The van der Waals surface area contributed by atoms with Gasteiger partial charge in [-0.15, -0.1) is 0 Å². The van der Waals surface area contributed by atoms with E-state index in [-0.39, 0.29) is 5.71 Å². The van der Waals surface area contributed by atoms with E-state index >= 15 is 0 Å². The number of oxime groups is 1. The Morgan fingerprint density at radius 1 is 1.31 bits per heavy atom. The molecule has 5 heteroatoms. The molecule has 16 heavy (non-hydrogen) atoms. The summed E-state index contributed by atoms with van der Waals surface area (Å²) in [6.45, 7) is 3.43. The van der Waals surface area contributed by atoms with Crippen LogP contribution in [0.4, 0.5) is 0 Å². The molecule has 1 aromatic rings. The van der Waals surface area contributed by atoms with Gasteiger partial charge >= 0.3 is 0 Å². The van der Waals surface area contributed by atoms with Crippen LogP contribution in [-0.4, -0.2) is 30.8 Å². The summed E-state index contributed by atoms with van der Waals surface area (Å²) in [5.74, 6) is 0. The molecular weight excluding hydrogens is 226 g/mol. The smallest absolute Gasteiger partial charge is 0.155 e. The highest BCUT2D eigenvalue weighted by molar-refractivity contribution is 7.92. The van der Waals surface area contributed by atoms with Crippen LogP contribution in [0, 0.1) is 6.92 Å². The van der Waals surface area contributed by atoms with Crippen molar-refractivity contribution in [3.63, 3.8) is 0 Å². The van der Waals surface area contributed by atoms with E-state index in [4.69, 9.17) is 5.21 Å². The van der Waals surface area contributed by atoms with Gasteiger partial charge in [-0.2, -0.15) is 0 Å². The van der Waals surface area contributed by atoms with E-state index in [1.54, 1.807) is 12.1 Å². The van der Waals surface area contributed by atoms with Crippen LogP contribution < -0.4 is 0 Å². The van der Waals surface area contributed by atoms with Gasteiger partial charge in [0.25, 0.3) is 0 Å². The van der Waals surface area contributed by atoms with Crippen molar-refractivity contribution >= 4 is 15.5 Å². The van der Waals surface area contributed by atoms with E-state index in [1.165, 1.54) is 6.92 Å². The molecule has 1 N–H and O–H groups in total. The van der Waals surface area contributed by atoms with Gasteiger partial charge in [0.15, 0.2) is 9.84 Å². The Labute approximate surface area is 95.5 Å². The highest BCUT2D eigenvalue weighted by Gasteiger charge is 2.23. The second-order valence-corrected chi connectivity index (χ2v) is 6.19. The van der Waals surface area contributed by atoms with Crippen LogP contribution in [0.1, 0.15) is 18.1 Å². The molecule has 0 fully saturated rings. The summed E-state index contributed by atoms with van der Waals surface area (Å²) in [6, 6.07) is 7.17. The van der Waals surface area contributed by atoms with E-state index in [0.29, 0.717) is 5.56 Å². The number of hydrogen-bond acceptors (Lipinski definition) is 4. The van der Waals surface area contributed by atoms with E-state index in [1.807, 2.05) is 19.1 Å². The minimum atomic E-state index is -3.26. The lowest BCUT2D eigenvalue weighted by molar-refractivity contribution is 0.318. The number of hydrogen-bond donors (Lipinski definition) is 1. The summed E-state index contributed by atoms with van der Waals surface area (Å²) < 4.78 is 22.8. The third kappa shape index (κ3) is 2.82. The molecule has 88 valence electrons. The van der Waals surface area contributed by atoms with E-state index in [9.17, 15) is 8.42 Å². The van der Waals surface area contributed by atoms with Crippen LogP contribution in [0.15, 0.2) is 29.4 Å². The van der Waals surface area contributed by atoms with Crippen molar-refractivity contribution in [2.45, 2.75) is 19.1 Å². The number of sulfone groups is 1. The molecule has 1 atom stereocenters. The normalized spacial score (nSPS) is 14.8. The van der Waals surface area contributed by atoms with E-state index in [0.717, 1.165) is 11.8 Å². The predicted octanol–water partition coefficient (Wildman–Crippen LogP) is 1.61. The molecule has 0 aliphatic carbocycles. The molecule has 0 saturated carbocycles.